The fourth-order valence-corrected chi connectivity index (χ4v) is 2.87. The monoisotopic (exact) mass is 318 g/mol. The van der Waals surface area contributed by atoms with Crippen LogP contribution in [0.15, 0.2) is 61.2 Å². The van der Waals surface area contributed by atoms with E-state index in [-0.39, 0.29) is 0 Å². The third-order valence-corrected chi connectivity index (χ3v) is 4.11. The highest BCUT2D eigenvalue weighted by molar-refractivity contribution is 7.71. The minimum absolute atomic E-state index is 0.719. The van der Waals surface area contributed by atoms with Crippen LogP contribution in [0.25, 0.3) is 33.2 Å². The van der Waals surface area contributed by atoms with E-state index in [1.54, 1.807) is 4.68 Å². The molecule has 1 aromatic carbocycles. The average molecular weight is 318 g/mol. The smallest absolute Gasteiger partial charge is 0.103 e. The van der Waals surface area contributed by atoms with Gasteiger partial charge in [-0.15, -0.1) is 0 Å². The van der Waals surface area contributed by atoms with Gasteiger partial charge >= 0.3 is 0 Å². The number of aryl methyl sites for hydroxylation is 1. The van der Waals surface area contributed by atoms with Crippen molar-refractivity contribution in [1.82, 2.24) is 19.7 Å². The van der Waals surface area contributed by atoms with Crippen molar-refractivity contribution < 1.29 is 0 Å². The molecule has 0 atom stereocenters. The lowest BCUT2D eigenvalue weighted by molar-refractivity contribution is 0.768. The maximum atomic E-state index is 5.25. The first-order valence-corrected chi connectivity index (χ1v) is 7.68. The Hall–Kier alpha value is -2.79. The molecule has 0 bridgehead atoms. The Bertz CT molecular complexity index is 1040. The van der Waals surface area contributed by atoms with Gasteiger partial charge in [-0.2, -0.15) is 5.10 Å². The number of nitrogens with zero attached hydrogens (tertiary/aromatic N) is 3. The van der Waals surface area contributed by atoms with E-state index in [1.807, 2.05) is 44.0 Å². The van der Waals surface area contributed by atoms with Crippen LogP contribution in [0.5, 0.6) is 0 Å². The predicted octanol–water partition coefficient (Wildman–Crippen LogP) is 4.36. The summed E-state index contributed by atoms with van der Waals surface area (Å²) in [5, 5.41) is 5.26. The quantitative estimate of drug-likeness (QED) is 0.559. The predicted molar refractivity (Wildman–Crippen MR) is 94.6 cm³/mol. The van der Waals surface area contributed by atoms with Crippen LogP contribution in [0, 0.1) is 4.64 Å². The van der Waals surface area contributed by atoms with Crippen molar-refractivity contribution >= 4 is 23.1 Å². The molecule has 0 radical (unpaired) electrons. The normalized spacial score (nSPS) is 11.0. The van der Waals surface area contributed by atoms with Gasteiger partial charge in [-0.25, -0.2) is 0 Å². The second-order valence-corrected chi connectivity index (χ2v) is 5.89. The third kappa shape index (κ3) is 2.55. The van der Waals surface area contributed by atoms with Crippen molar-refractivity contribution in [2.24, 2.45) is 7.05 Å². The summed E-state index contributed by atoms with van der Waals surface area (Å²) in [5.41, 5.74) is 5.42. The van der Waals surface area contributed by atoms with Crippen molar-refractivity contribution in [3.63, 3.8) is 0 Å². The SMILES string of the molecule is Cn1cc(-c2ccc(-c3cncc4ccc(=S)[nH]c34)cc2)cn1. The number of hydrogen-bond acceptors (Lipinski definition) is 3. The van der Waals surface area contributed by atoms with Crippen molar-refractivity contribution in [3.05, 3.63) is 65.8 Å². The molecule has 0 aliphatic heterocycles. The Kier molecular flexibility index (Phi) is 3.28. The Balaban J connectivity index is 1.82. The molecule has 1 N–H and O–H groups in total. The summed E-state index contributed by atoms with van der Waals surface area (Å²) in [4.78, 5) is 7.60. The molecular weight excluding hydrogens is 304 g/mol. The summed E-state index contributed by atoms with van der Waals surface area (Å²) in [6.45, 7) is 0. The Labute approximate surface area is 138 Å². The molecule has 3 aromatic heterocycles. The van der Waals surface area contributed by atoms with Crippen LogP contribution in [0.4, 0.5) is 0 Å². The topological polar surface area (TPSA) is 46.5 Å². The van der Waals surface area contributed by atoms with Crippen LogP contribution in [0.1, 0.15) is 0 Å². The number of aromatic nitrogens is 4. The van der Waals surface area contributed by atoms with Crippen LogP contribution in [0.3, 0.4) is 0 Å². The van der Waals surface area contributed by atoms with E-state index >= 15 is 0 Å². The van der Waals surface area contributed by atoms with Crippen LogP contribution < -0.4 is 0 Å². The summed E-state index contributed by atoms with van der Waals surface area (Å²) in [6, 6.07) is 12.3. The molecule has 0 unspecified atom stereocenters. The van der Waals surface area contributed by atoms with Gasteiger partial charge in [-0.05, 0) is 23.3 Å². The van der Waals surface area contributed by atoms with Gasteiger partial charge in [-0.3, -0.25) is 9.67 Å². The van der Waals surface area contributed by atoms with Crippen molar-refractivity contribution in [3.8, 4) is 22.3 Å². The highest BCUT2D eigenvalue weighted by Gasteiger charge is 2.06. The van der Waals surface area contributed by atoms with Crippen molar-refractivity contribution in [2.45, 2.75) is 0 Å². The van der Waals surface area contributed by atoms with E-state index < -0.39 is 0 Å². The molecule has 0 fully saturated rings. The molecule has 112 valence electrons. The van der Waals surface area contributed by atoms with Crippen LogP contribution >= 0.6 is 12.2 Å². The summed E-state index contributed by atoms with van der Waals surface area (Å²) in [7, 11) is 1.92. The highest BCUT2D eigenvalue weighted by atomic mass is 32.1. The Morgan fingerprint density at radius 2 is 1.70 bits per heavy atom. The summed E-state index contributed by atoms with van der Waals surface area (Å²) in [6.07, 6.45) is 7.58. The number of nitrogens with one attached hydrogen (secondary N) is 1. The molecule has 23 heavy (non-hydrogen) atoms. The first-order valence-electron chi connectivity index (χ1n) is 7.27. The molecule has 4 rings (SSSR count). The summed E-state index contributed by atoms with van der Waals surface area (Å²) >= 11 is 5.25. The lowest BCUT2D eigenvalue weighted by atomic mass is 10.0. The number of hydrogen-bond donors (Lipinski definition) is 1. The first-order chi connectivity index (χ1) is 11.2. The Morgan fingerprint density at radius 1 is 0.913 bits per heavy atom. The number of benzene rings is 1. The van der Waals surface area contributed by atoms with Gasteiger partial charge in [0.25, 0.3) is 0 Å². The van der Waals surface area contributed by atoms with Crippen LogP contribution in [0.2, 0.25) is 0 Å². The number of H-pyrrole nitrogens is 1. The molecule has 3 heterocycles. The molecule has 0 saturated carbocycles. The molecule has 0 amide bonds. The fourth-order valence-electron chi connectivity index (χ4n) is 2.70. The van der Waals surface area contributed by atoms with Crippen LogP contribution in [-0.2, 0) is 7.05 Å². The van der Waals surface area contributed by atoms with Gasteiger partial charge in [0.2, 0.25) is 0 Å². The van der Waals surface area contributed by atoms with E-state index in [9.17, 15) is 0 Å². The van der Waals surface area contributed by atoms with Crippen molar-refractivity contribution in [2.75, 3.05) is 0 Å². The minimum Gasteiger partial charge on any atom is -0.346 e. The van der Waals surface area contributed by atoms with Crippen molar-refractivity contribution in [1.29, 1.82) is 0 Å². The molecule has 4 aromatic rings. The molecule has 0 aliphatic rings. The molecule has 0 saturated heterocycles. The van der Waals surface area contributed by atoms with Gasteiger partial charge in [-0.1, -0.05) is 36.5 Å². The largest absolute Gasteiger partial charge is 0.346 e. The third-order valence-electron chi connectivity index (χ3n) is 3.87. The maximum Gasteiger partial charge on any atom is 0.103 e. The van der Waals surface area contributed by atoms with E-state index in [0.717, 1.165) is 37.8 Å². The molecule has 0 aliphatic carbocycles. The van der Waals surface area contributed by atoms with Gasteiger partial charge < -0.3 is 4.98 Å². The van der Waals surface area contributed by atoms with E-state index in [4.69, 9.17) is 12.2 Å². The van der Waals surface area contributed by atoms with E-state index in [2.05, 4.69) is 39.3 Å². The van der Waals surface area contributed by atoms with Gasteiger partial charge in [0.05, 0.1) is 11.7 Å². The second-order valence-electron chi connectivity index (χ2n) is 5.45. The lowest BCUT2D eigenvalue weighted by Gasteiger charge is -2.07. The standard InChI is InChI=1S/C18H14N4S/c1-22-11-15(9-20-22)12-2-4-13(5-3-12)16-10-19-8-14-6-7-17(23)21-18(14)16/h2-11H,1H3,(H,21,23). The molecule has 5 heteroatoms. The van der Waals surface area contributed by atoms with Gasteiger partial charge in [0.15, 0.2) is 0 Å². The van der Waals surface area contributed by atoms with E-state index in [1.165, 1.54) is 0 Å². The fraction of sp³-hybridized carbons (Fsp3) is 0.0556. The maximum absolute atomic E-state index is 5.25. The zero-order valence-corrected chi connectivity index (χ0v) is 13.3. The number of rotatable bonds is 2. The zero-order chi connectivity index (χ0) is 15.8. The zero-order valence-electron chi connectivity index (χ0n) is 12.5. The molecule has 4 nitrogen and oxygen atoms in total. The minimum atomic E-state index is 0.719. The number of fused-ring (bicyclic) bond motifs is 1. The summed E-state index contributed by atoms with van der Waals surface area (Å²) in [5.74, 6) is 0. The molecular formula is C18H14N4S. The average Bonchev–Trinajstić information content (AvgIpc) is 3.01. The van der Waals surface area contributed by atoms with Gasteiger partial charge in [0.1, 0.15) is 4.64 Å². The second kappa shape index (κ2) is 5.44. The van der Waals surface area contributed by atoms with E-state index in [0.29, 0.717) is 0 Å². The summed E-state index contributed by atoms with van der Waals surface area (Å²) < 4.78 is 2.52. The number of pyridine rings is 2. The van der Waals surface area contributed by atoms with Gasteiger partial charge in [0, 0.05) is 42.2 Å². The lowest BCUT2D eigenvalue weighted by Crippen LogP contribution is -1.87. The first kappa shape index (κ1) is 13.8. The molecule has 0 spiro atoms. The highest BCUT2D eigenvalue weighted by Crippen LogP contribution is 2.28. The van der Waals surface area contributed by atoms with Crippen LogP contribution in [-0.4, -0.2) is 19.7 Å². The Morgan fingerprint density at radius 3 is 2.43 bits per heavy atom. The number of aromatic amines is 1.